The van der Waals surface area contributed by atoms with Crippen LogP contribution in [0.1, 0.15) is 44.2 Å². The van der Waals surface area contributed by atoms with Crippen LogP contribution >= 0.6 is 9.24 Å². The maximum absolute atomic E-state index is 15.2. The van der Waals surface area contributed by atoms with Crippen molar-refractivity contribution < 1.29 is 23.5 Å². The molecule has 3 atom stereocenters. The standard InChI is InChI=1S/C28H29FN3O4P/c1-5-7-20-18(17(4)37)10-11-19-21(8-6-9-22(19)29)27(20)24-14-31(16(2)3)28(35)23-12-26(36-15-33)25(34)13-30-32(23)24/h5-9,13,15-16,24,27H,4,10-11,14,37H2,1-3H3/b7-5-/t24-,27?/m0/s1. The predicted octanol–water partition coefficient (Wildman–Crippen LogP) is 4.15. The van der Waals surface area contributed by atoms with Crippen LogP contribution in [0.5, 0.6) is 0 Å². The molecule has 1 aromatic carbocycles. The third kappa shape index (κ3) is 4.87. The number of allylic oxidation sites excluding steroid dienone is 4. The van der Waals surface area contributed by atoms with Gasteiger partial charge in [-0.2, -0.15) is 5.10 Å². The third-order valence-electron chi connectivity index (χ3n) is 6.85. The van der Waals surface area contributed by atoms with E-state index in [9.17, 15) is 14.4 Å². The number of hydrazone groups is 1. The summed E-state index contributed by atoms with van der Waals surface area (Å²) in [4.78, 5) is 38.8. The van der Waals surface area contributed by atoms with Gasteiger partial charge in [-0.15, -0.1) is 9.24 Å². The minimum atomic E-state index is -0.688. The highest BCUT2D eigenvalue weighted by Gasteiger charge is 2.45. The van der Waals surface area contributed by atoms with Crippen molar-refractivity contribution in [3.05, 3.63) is 87.5 Å². The van der Waals surface area contributed by atoms with Crippen LogP contribution in [0.3, 0.4) is 0 Å². The first-order valence-corrected chi connectivity index (χ1v) is 12.6. The van der Waals surface area contributed by atoms with Crippen molar-refractivity contribution in [1.82, 2.24) is 9.91 Å². The van der Waals surface area contributed by atoms with Crippen LogP contribution in [-0.4, -0.2) is 52.9 Å². The molecule has 1 fully saturated rings. The SMILES string of the molecule is C=C(P)C1=C(/C=C\C)C([C@@H]2CN(C(C)C)C(=O)C3=C=C(OC=O)C(=O)C=NN32)c2cccc(F)c2CC1. The van der Waals surface area contributed by atoms with Gasteiger partial charge < -0.3 is 9.64 Å². The van der Waals surface area contributed by atoms with E-state index >= 15 is 4.39 Å². The van der Waals surface area contributed by atoms with E-state index in [1.165, 1.54) is 11.1 Å². The van der Waals surface area contributed by atoms with E-state index in [-0.39, 0.29) is 30.6 Å². The first-order chi connectivity index (χ1) is 17.7. The number of amides is 1. The molecule has 37 heavy (non-hydrogen) atoms. The molecule has 0 N–H and O–H groups in total. The van der Waals surface area contributed by atoms with E-state index in [0.717, 1.165) is 28.2 Å². The van der Waals surface area contributed by atoms with Gasteiger partial charge in [0.05, 0.1) is 12.3 Å². The molecule has 0 saturated carbocycles. The molecule has 1 amide bonds. The molecule has 2 unspecified atom stereocenters. The lowest BCUT2D eigenvalue weighted by molar-refractivity contribution is -0.135. The minimum Gasteiger partial charge on any atom is -0.416 e. The zero-order valence-electron chi connectivity index (χ0n) is 21.0. The number of benzene rings is 1. The maximum Gasteiger partial charge on any atom is 0.299 e. The van der Waals surface area contributed by atoms with Crippen molar-refractivity contribution in [3.63, 3.8) is 0 Å². The molecule has 3 aliphatic rings. The third-order valence-corrected chi connectivity index (χ3v) is 7.20. The normalized spacial score (nSPS) is 21.9. The van der Waals surface area contributed by atoms with Gasteiger partial charge in [0.15, 0.2) is 5.70 Å². The van der Waals surface area contributed by atoms with Crippen LogP contribution in [0.2, 0.25) is 0 Å². The van der Waals surface area contributed by atoms with Crippen molar-refractivity contribution in [3.8, 4) is 0 Å². The van der Waals surface area contributed by atoms with Gasteiger partial charge in [0, 0.05) is 18.5 Å². The van der Waals surface area contributed by atoms with Crippen molar-refractivity contribution in [2.75, 3.05) is 6.54 Å². The smallest absolute Gasteiger partial charge is 0.299 e. The Morgan fingerprint density at radius 2 is 2.08 bits per heavy atom. The Balaban J connectivity index is 2.04. The molecule has 0 radical (unpaired) electrons. The van der Waals surface area contributed by atoms with Gasteiger partial charge in [-0.05, 0) is 73.0 Å². The fraction of sp³-hybridized carbons (Fsp3) is 0.321. The molecule has 0 aromatic heterocycles. The summed E-state index contributed by atoms with van der Waals surface area (Å²) in [5.41, 5.74) is 6.01. The molecule has 2 aliphatic heterocycles. The first-order valence-electron chi connectivity index (χ1n) is 12.1. The highest BCUT2D eigenvalue weighted by atomic mass is 31.0. The summed E-state index contributed by atoms with van der Waals surface area (Å²) in [6.45, 7) is 10.2. The minimum absolute atomic E-state index is 0.0165. The van der Waals surface area contributed by atoms with E-state index in [1.54, 1.807) is 11.0 Å². The Kier molecular flexibility index (Phi) is 7.72. The van der Waals surface area contributed by atoms with Gasteiger partial charge in [0.25, 0.3) is 12.4 Å². The predicted molar refractivity (Wildman–Crippen MR) is 142 cm³/mol. The van der Waals surface area contributed by atoms with Crippen LogP contribution in [0.4, 0.5) is 4.39 Å². The maximum atomic E-state index is 15.2. The van der Waals surface area contributed by atoms with Crippen molar-refractivity contribution in [1.29, 1.82) is 0 Å². The highest BCUT2D eigenvalue weighted by Crippen LogP contribution is 2.45. The highest BCUT2D eigenvalue weighted by molar-refractivity contribution is 7.23. The summed E-state index contributed by atoms with van der Waals surface area (Å²) in [6.07, 6.45) is 6.02. The Morgan fingerprint density at radius 3 is 2.73 bits per heavy atom. The zero-order chi connectivity index (χ0) is 26.9. The summed E-state index contributed by atoms with van der Waals surface area (Å²) in [7, 11) is 2.66. The molecule has 0 spiro atoms. The monoisotopic (exact) mass is 521 g/mol. The lowest BCUT2D eigenvalue weighted by Crippen LogP contribution is -2.56. The number of Topliss-reactive ketones (excluding diaryl/α,β-unsaturated/α-hetero) is 1. The Bertz CT molecular complexity index is 1340. The van der Waals surface area contributed by atoms with Gasteiger partial charge in [-0.25, -0.2) is 9.40 Å². The quantitative estimate of drug-likeness (QED) is 0.319. The van der Waals surface area contributed by atoms with Crippen LogP contribution < -0.4 is 0 Å². The Hall–Kier alpha value is -3.60. The molecular formula is C28H29FN3O4P. The molecule has 9 heteroatoms. The van der Waals surface area contributed by atoms with Crippen molar-refractivity contribution >= 4 is 33.6 Å². The zero-order valence-corrected chi connectivity index (χ0v) is 22.2. The topological polar surface area (TPSA) is 79.3 Å². The fourth-order valence-corrected chi connectivity index (χ4v) is 5.52. The van der Waals surface area contributed by atoms with E-state index in [1.807, 2.05) is 39.0 Å². The fourth-order valence-electron chi connectivity index (χ4n) is 5.21. The number of hydrogen-bond donors (Lipinski definition) is 0. The molecule has 2 heterocycles. The van der Waals surface area contributed by atoms with E-state index < -0.39 is 29.4 Å². The second-order valence-corrected chi connectivity index (χ2v) is 10.0. The molecule has 4 rings (SSSR count). The van der Waals surface area contributed by atoms with E-state index in [0.29, 0.717) is 18.4 Å². The lowest BCUT2D eigenvalue weighted by atomic mass is 9.80. The lowest BCUT2D eigenvalue weighted by Gasteiger charge is -2.45. The second-order valence-electron chi connectivity index (χ2n) is 9.33. The first kappa shape index (κ1) is 26.5. The van der Waals surface area contributed by atoms with Gasteiger partial charge in [-0.1, -0.05) is 30.9 Å². The largest absolute Gasteiger partial charge is 0.416 e. The number of rotatable bonds is 6. The number of ketones is 1. The Morgan fingerprint density at radius 1 is 1.32 bits per heavy atom. The average molecular weight is 522 g/mol. The summed E-state index contributed by atoms with van der Waals surface area (Å²) < 4.78 is 20.0. The van der Waals surface area contributed by atoms with Gasteiger partial charge >= 0.3 is 0 Å². The van der Waals surface area contributed by atoms with Gasteiger partial charge in [0.2, 0.25) is 11.5 Å². The summed E-state index contributed by atoms with van der Waals surface area (Å²) in [5.74, 6) is -2.22. The molecule has 192 valence electrons. The molecule has 7 nitrogen and oxygen atoms in total. The molecule has 1 saturated heterocycles. The number of piperazine rings is 1. The van der Waals surface area contributed by atoms with E-state index in [4.69, 9.17) is 4.74 Å². The van der Waals surface area contributed by atoms with Crippen molar-refractivity contribution in [2.45, 2.75) is 51.6 Å². The molecule has 1 aliphatic carbocycles. The number of fused-ring (bicyclic) bond motifs is 2. The Labute approximate surface area is 217 Å². The van der Waals surface area contributed by atoms with Crippen LogP contribution in [0.15, 0.2) is 75.7 Å². The second kappa shape index (κ2) is 10.8. The van der Waals surface area contributed by atoms with Crippen LogP contribution in [-0.2, 0) is 25.5 Å². The average Bonchev–Trinajstić information content (AvgIpc) is 3.12. The van der Waals surface area contributed by atoms with Crippen molar-refractivity contribution in [2.24, 2.45) is 5.10 Å². The summed E-state index contributed by atoms with van der Waals surface area (Å²) in [5, 5.41) is 6.64. The van der Waals surface area contributed by atoms with Crippen LogP contribution in [0.25, 0.3) is 0 Å². The van der Waals surface area contributed by atoms with Crippen LogP contribution in [0, 0.1) is 5.82 Å². The molecule has 1 aromatic rings. The number of hydrogen-bond acceptors (Lipinski definition) is 6. The van der Waals surface area contributed by atoms with Gasteiger partial charge in [0.1, 0.15) is 5.82 Å². The number of halogens is 1. The summed E-state index contributed by atoms with van der Waals surface area (Å²) >= 11 is 0. The van der Waals surface area contributed by atoms with E-state index in [2.05, 4.69) is 26.7 Å². The number of carbonyl (C=O) groups excluding carboxylic acids is 3. The molecular weight excluding hydrogens is 492 g/mol. The number of ether oxygens (including phenoxy) is 1. The van der Waals surface area contributed by atoms with Gasteiger partial charge in [-0.3, -0.25) is 14.4 Å². The number of nitrogens with zero attached hydrogens (tertiary/aromatic N) is 3. The summed E-state index contributed by atoms with van der Waals surface area (Å²) in [6, 6.07) is 4.34. The molecule has 0 bridgehead atoms. The number of carbonyl (C=O) groups is 3.